The first-order valence-corrected chi connectivity index (χ1v) is 8.91. The Bertz CT molecular complexity index is 849. The number of aromatic amines is 1. The highest BCUT2D eigenvalue weighted by Gasteiger charge is 2.18. The Morgan fingerprint density at radius 2 is 1.65 bits per heavy atom. The van der Waals surface area contributed by atoms with Crippen molar-refractivity contribution in [3.63, 3.8) is 0 Å². The second-order valence-corrected chi connectivity index (χ2v) is 6.77. The summed E-state index contributed by atoms with van der Waals surface area (Å²) in [6.45, 7) is 2.18. The van der Waals surface area contributed by atoms with Crippen molar-refractivity contribution in [2.75, 3.05) is 25.9 Å². The van der Waals surface area contributed by atoms with E-state index in [1.54, 1.807) is 0 Å². The summed E-state index contributed by atoms with van der Waals surface area (Å²) >= 11 is 0. The van der Waals surface area contributed by atoms with Crippen molar-refractivity contribution in [2.24, 2.45) is 0 Å². The van der Waals surface area contributed by atoms with Gasteiger partial charge in [-0.05, 0) is 68.4 Å². The zero-order chi connectivity index (χ0) is 17.9. The maximum absolute atomic E-state index is 6.09. The number of piperidine rings is 1. The fourth-order valence-corrected chi connectivity index (χ4v) is 3.14. The lowest BCUT2D eigenvalue weighted by molar-refractivity contribution is 0.114. The van der Waals surface area contributed by atoms with Crippen LogP contribution in [-0.2, 0) is 0 Å². The Kier molecular flexibility index (Phi) is 4.58. The van der Waals surface area contributed by atoms with Crippen LogP contribution in [0.4, 0.5) is 5.69 Å². The summed E-state index contributed by atoms with van der Waals surface area (Å²) in [6, 6.07) is 15.6. The number of likely N-dealkylation sites (tertiary alicyclic amines) is 1. The number of hydrogen-bond donors (Lipinski definition) is 2. The van der Waals surface area contributed by atoms with E-state index in [1.165, 1.54) is 0 Å². The van der Waals surface area contributed by atoms with Crippen LogP contribution in [0.15, 0.2) is 48.5 Å². The number of nitrogens with one attached hydrogen (secondary N) is 1. The van der Waals surface area contributed by atoms with Crippen LogP contribution in [0.5, 0.6) is 5.75 Å². The van der Waals surface area contributed by atoms with E-state index >= 15 is 0 Å². The standard InChI is InChI=1S/C20H23N5O/c1-25-12-10-18(11-13-25)26-17-8-4-15(5-9-17)20-22-19(23-24-20)14-2-6-16(21)7-3-14/h2-9,18H,10-13,21H2,1H3,(H,22,23,24). The second kappa shape index (κ2) is 7.17. The molecule has 3 aromatic rings. The van der Waals surface area contributed by atoms with Crippen LogP contribution in [0.2, 0.25) is 0 Å². The van der Waals surface area contributed by atoms with Crippen LogP contribution in [0.3, 0.4) is 0 Å². The SMILES string of the molecule is CN1CCC(Oc2ccc(-c3n[nH]c(-c4ccc(N)cc4)n3)cc2)CC1. The lowest BCUT2D eigenvalue weighted by Crippen LogP contribution is -2.35. The molecule has 0 aliphatic carbocycles. The molecule has 1 aromatic heterocycles. The van der Waals surface area contributed by atoms with Gasteiger partial charge >= 0.3 is 0 Å². The fourth-order valence-electron chi connectivity index (χ4n) is 3.14. The topological polar surface area (TPSA) is 80.1 Å². The second-order valence-electron chi connectivity index (χ2n) is 6.77. The van der Waals surface area contributed by atoms with Crippen LogP contribution in [0.25, 0.3) is 22.8 Å². The van der Waals surface area contributed by atoms with Gasteiger partial charge in [0.15, 0.2) is 11.6 Å². The van der Waals surface area contributed by atoms with E-state index < -0.39 is 0 Å². The first kappa shape index (κ1) is 16.6. The number of aromatic nitrogens is 3. The first-order valence-electron chi connectivity index (χ1n) is 8.91. The number of nitrogens with two attached hydrogens (primary N) is 1. The molecule has 6 heteroatoms. The molecule has 6 nitrogen and oxygen atoms in total. The zero-order valence-corrected chi connectivity index (χ0v) is 14.9. The monoisotopic (exact) mass is 349 g/mol. The minimum absolute atomic E-state index is 0.303. The molecule has 0 amide bonds. The van der Waals surface area contributed by atoms with Crippen molar-refractivity contribution >= 4 is 5.69 Å². The highest BCUT2D eigenvalue weighted by atomic mass is 16.5. The molecule has 2 heterocycles. The maximum atomic E-state index is 6.09. The van der Waals surface area contributed by atoms with E-state index in [0.717, 1.165) is 54.3 Å². The highest BCUT2D eigenvalue weighted by Crippen LogP contribution is 2.24. The predicted octanol–water partition coefficient (Wildman–Crippen LogP) is 3.19. The normalized spacial score (nSPS) is 15.9. The smallest absolute Gasteiger partial charge is 0.181 e. The van der Waals surface area contributed by atoms with E-state index in [4.69, 9.17) is 10.5 Å². The molecule has 0 radical (unpaired) electrons. The molecule has 0 atom stereocenters. The summed E-state index contributed by atoms with van der Waals surface area (Å²) in [6.07, 6.45) is 2.45. The summed E-state index contributed by atoms with van der Waals surface area (Å²) in [5.74, 6) is 2.30. The van der Waals surface area contributed by atoms with Gasteiger partial charge in [-0.25, -0.2) is 4.98 Å². The predicted molar refractivity (Wildman–Crippen MR) is 103 cm³/mol. The minimum atomic E-state index is 0.303. The van der Waals surface area contributed by atoms with E-state index in [0.29, 0.717) is 11.9 Å². The van der Waals surface area contributed by atoms with Crippen LogP contribution >= 0.6 is 0 Å². The molecule has 1 fully saturated rings. The van der Waals surface area contributed by atoms with Crippen LogP contribution in [0, 0.1) is 0 Å². The number of H-pyrrole nitrogens is 1. The van der Waals surface area contributed by atoms with Gasteiger partial charge in [-0.1, -0.05) is 0 Å². The molecular weight excluding hydrogens is 326 g/mol. The Morgan fingerprint density at radius 1 is 1.00 bits per heavy atom. The number of ether oxygens (including phenoxy) is 1. The molecule has 1 aliphatic rings. The van der Waals surface area contributed by atoms with Crippen molar-refractivity contribution in [1.29, 1.82) is 0 Å². The Labute approximate surface area is 153 Å². The van der Waals surface area contributed by atoms with Crippen molar-refractivity contribution in [3.8, 4) is 28.5 Å². The van der Waals surface area contributed by atoms with Crippen LogP contribution < -0.4 is 10.5 Å². The molecule has 134 valence electrons. The average Bonchev–Trinajstić information content (AvgIpc) is 3.15. The number of hydrogen-bond acceptors (Lipinski definition) is 5. The van der Waals surface area contributed by atoms with E-state index in [-0.39, 0.29) is 0 Å². The summed E-state index contributed by atoms with van der Waals surface area (Å²) in [7, 11) is 2.15. The molecule has 26 heavy (non-hydrogen) atoms. The lowest BCUT2D eigenvalue weighted by atomic mass is 10.1. The number of benzene rings is 2. The largest absolute Gasteiger partial charge is 0.490 e. The number of nitrogens with zero attached hydrogens (tertiary/aromatic N) is 3. The summed E-state index contributed by atoms with van der Waals surface area (Å²) < 4.78 is 6.09. The molecule has 1 aliphatic heterocycles. The van der Waals surface area contributed by atoms with Crippen molar-refractivity contribution in [3.05, 3.63) is 48.5 Å². The Balaban J connectivity index is 1.44. The van der Waals surface area contributed by atoms with Gasteiger partial charge in [-0.3, -0.25) is 5.10 Å². The van der Waals surface area contributed by atoms with Gasteiger partial charge in [0.05, 0.1) is 0 Å². The van der Waals surface area contributed by atoms with E-state index in [9.17, 15) is 0 Å². The molecule has 1 saturated heterocycles. The Morgan fingerprint density at radius 3 is 2.35 bits per heavy atom. The van der Waals surface area contributed by atoms with Gasteiger partial charge in [0, 0.05) is 29.9 Å². The first-order chi connectivity index (χ1) is 12.7. The van der Waals surface area contributed by atoms with Crippen molar-refractivity contribution < 1.29 is 4.74 Å². The number of nitrogen functional groups attached to an aromatic ring is 1. The maximum Gasteiger partial charge on any atom is 0.181 e. The third-order valence-electron chi connectivity index (χ3n) is 4.75. The van der Waals surface area contributed by atoms with Gasteiger partial charge in [-0.15, -0.1) is 0 Å². The average molecular weight is 349 g/mol. The van der Waals surface area contributed by atoms with Gasteiger partial charge in [0.2, 0.25) is 0 Å². The van der Waals surface area contributed by atoms with Crippen molar-refractivity contribution in [2.45, 2.75) is 18.9 Å². The summed E-state index contributed by atoms with van der Waals surface area (Å²) in [5, 5.41) is 7.31. The molecule has 0 bridgehead atoms. The van der Waals surface area contributed by atoms with Gasteiger partial charge < -0.3 is 15.4 Å². The highest BCUT2D eigenvalue weighted by molar-refractivity contribution is 5.63. The molecule has 3 N–H and O–H groups in total. The molecule has 0 spiro atoms. The zero-order valence-electron chi connectivity index (χ0n) is 14.9. The quantitative estimate of drug-likeness (QED) is 0.707. The number of rotatable bonds is 4. The molecule has 4 rings (SSSR count). The van der Waals surface area contributed by atoms with E-state index in [2.05, 4.69) is 27.1 Å². The molecule has 2 aromatic carbocycles. The van der Waals surface area contributed by atoms with Crippen molar-refractivity contribution in [1.82, 2.24) is 20.1 Å². The molecular formula is C20H23N5O. The minimum Gasteiger partial charge on any atom is -0.490 e. The third-order valence-corrected chi connectivity index (χ3v) is 4.75. The molecule has 0 saturated carbocycles. The fraction of sp³-hybridized carbons (Fsp3) is 0.300. The molecule has 0 unspecified atom stereocenters. The third kappa shape index (κ3) is 3.70. The summed E-state index contributed by atoms with van der Waals surface area (Å²) in [5.41, 5.74) is 8.37. The van der Waals surface area contributed by atoms with Gasteiger partial charge in [-0.2, -0.15) is 5.10 Å². The summed E-state index contributed by atoms with van der Waals surface area (Å²) in [4.78, 5) is 6.92. The van der Waals surface area contributed by atoms with Crippen LogP contribution in [-0.4, -0.2) is 46.3 Å². The Hall–Kier alpha value is -2.86. The van der Waals surface area contributed by atoms with Crippen LogP contribution in [0.1, 0.15) is 12.8 Å². The lowest BCUT2D eigenvalue weighted by Gasteiger charge is -2.29. The van der Waals surface area contributed by atoms with Gasteiger partial charge in [0.25, 0.3) is 0 Å². The van der Waals surface area contributed by atoms with Gasteiger partial charge in [0.1, 0.15) is 11.9 Å². The number of anilines is 1. The van der Waals surface area contributed by atoms with E-state index in [1.807, 2.05) is 48.5 Å².